The number of carbonyl (C=O) groups is 1. The van der Waals surface area contributed by atoms with Gasteiger partial charge in [-0.25, -0.2) is 0 Å². The summed E-state index contributed by atoms with van der Waals surface area (Å²) < 4.78 is 0. The second kappa shape index (κ2) is 4.12. The lowest BCUT2D eigenvalue weighted by molar-refractivity contribution is -0.151. The summed E-state index contributed by atoms with van der Waals surface area (Å²) in [5.74, 6) is -0.0802. The van der Waals surface area contributed by atoms with Gasteiger partial charge in [-0.05, 0) is 31.6 Å². The quantitative estimate of drug-likeness (QED) is 0.752. The maximum atomic E-state index is 11.3. The molecule has 3 nitrogen and oxygen atoms in total. The van der Waals surface area contributed by atoms with Crippen LogP contribution < -0.4 is 5.32 Å². The molecule has 0 aliphatic heterocycles. The summed E-state index contributed by atoms with van der Waals surface area (Å²) >= 11 is 0. The summed E-state index contributed by atoms with van der Waals surface area (Å²) in [5, 5.41) is 12.7. The van der Waals surface area contributed by atoms with Gasteiger partial charge in [0.25, 0.3) is 0 Å². The third kappa shape index (κ3) is 2.17. The molecule has 0 heterocycles. The number of hydrogen-bond donors (Lipinski definition) is 2. The molecule has 86 valence electrons. The maximum Gasteiger partial charge on any atom is 0.323 e. The van der Waals surface area contributed by atoms with Crippen LogP contribution in [0, 0.1) is 5.92 Å². The van der Waals surface area contributed by atoms with Gasteiger partial charge in [0.15, 0.2) is 0 Å². The fraction of sp³-hybridized carbons (Fsp3) is 0.917. The average Bonchev–Trinajstić information content (AvgIpc) is 2.16. The predicted octanol–water partition coefficient (Wildman–Crippen LogP) is 2.16. The Balaban J connectivity index is 1.92. The van der Waals surface area contributed by atoms with Gasteiger partial charge in [0.1, 0.15) is 5.54 Å². The van der Waals surface area contributed by atoms with Gasteiger partial charge in [-0.3, -0.25) is 10.1 Å². The van der Waals surface area contributed by atoms with Crippen LogP contribution in [0.4, 0.5) is 0 Å². The average molecular weight is 211 g/mol. The van der Waals surface area contributed by atoms with Crippen molar-refractivity contribution in [3.05, 3.63) is 0 Å². The van der Waals surface area contributed by atoms with E-state index in [1.165, 1.54) is 19.3 Å². The highest BCUT2D eigenvalue weighted by atomic mass is 16.4. The lowest BCUT2D eigenvalue weighted by atomic mass is 9.68. The van der Waals surface area contributed by atoms with Crippen LogP contribution in [0.25, 0.3) is 0 Å². The number of nitrogens with one attached hydrogen (secondary N) is 1. The molecule has 15 heavy (non-hydrogen) atoms. The normalized spacial score (nSPS) is 37.3. The van der Waals surface area contributed by atoms with Crippen LogP contribution in [0.1, 0.15) is 51.9 Å². The third-order valence-corrected chi connectivity index (χ3v) is 3.89. The van der Waals surface area contributed by atoms with Crippen molar-refractivity contribution in [2.75, 3.05) is 0 Å². The smallest absolute Gasteiger partial charge is 0.323 e. The van der Waals surface area contributed by atoms with Crippen LogP contribution in [0.15, 0.2) is 0 Å². The van der Waals surface area contributed by atoms with E-state index >= 15 is 0 Å². The topological polar surface area (TPSA) is 49.3 Å². The van der Waals surface area contributed by atoms with Crippen molar-refractivity contribution in [3.63, 3.8) is 0 Å². The minimum atomic E-state index is -0.647. The summed E-state index contributed by atoms with van der Waals surface area (Å²) in [6.45, 7) is 2.13. The van der Waals surface area contributed by atoms with Crippen LogP contribution in [-0.4, -0.2) is 22.7 Å². The zero-order valence-electron chi connectivity index (χ0n) is 9.46. The van der Waals surface area contributed by atoms with Gasteiger partial charge in [0.05, 0.1) is 0 Å². The van der Waals surface area contributed by atoms with Crippen LogP contribution in [0.3, 0.4) is 0 Å². The van der Waals surface area contributed by atoms with Crippen molar-refractivity contribution < 1.29 is 9.90 Å². The van der Waals surface area contributed by atoms with E-state index in [0.717, 1.165) is 25.7 Å². The lowest BCUT2D eigenvalue weighted by Crippen LogP contribution is -2.63. The Bertz CT molecular complexity index is 240. The third-order valence-electron chi connectivity index (χ3n) is 3.89. The summed E-state index contributed by atoms with van der Waals surface area (Å²) in [7, 11) is 0. The first-order valence-corrected chi connectivity index (χ1v) is 6.13. The molecule has 2 saturated carbocycles. The van der Waals surface area contributed by atoms with E-state index in [0.29, 0.717) is 12.0 Å². The van der Waals surface area contributed by atoms with Gasteiger partial charge < -0.3 is 5.11 Å². The van der Waals surface area contributed by atoms with Gasteiger partial charge in [0, 0.05) is 6.04 Å². The molecule has 2 aliphatic carbocycles. The van der Waals surface area contributed by atoms with Gasteiger partial charge in [-0.15, -0.1) is 0 Å². The van der Waals surface area contributed by atoms with Crippen LogP contribution in [0.2, 0.25) is 0 Å². The van der Waals surface area contributed by atoms with E-state index in [-0.39, 0.29) is 0 Å². The Kier molecular flexibility index (Phi) is 3.01. The number of rotatable bonds is 3. The van der Waals surface area contributed by atoms with E-state index in [2.05, 4.69) is 12.2 Å². The maximum absolute atomic E-state index is 11.3. The second-order valence-electron chi connectivity index (χ2n) is 5.38. The highest BCUT2D eigenvalue weighted by molar-refractivity contribution is 5.80. The summed E-state index contributed by atoms with van der Waals surface area (Å²) in [6, 6.07) is 0.447. The minimum absolute atomic E-state index is 0.447. The van der Waals surface area contributed by atoms with Crippen molar-refractivity contribution in [3.8, 4) is 0 Å². The first-order chi connectivity index (χ1) is 7.12. The van der Waals surface area contributed by atoms with Crippen LogP contribution in [0.5, 0.6) is 0 Å². The molecule has 0 aromatic carbocycles. The molecule has 0 bridgehead atoms. The van der Waals surface area contributed by atoms with Crippen LogP contribution in [-0.2, 0) is 4.79 Å². The zero-order chi connectivity index (χ0) is 10.9. The molecule has 3 heteroatoms. The zero-order valence-corrected chi connectivity index (χ0v) is 9.46. The predicted molar refractivity (Wildman–Crippen MR) is 58.8 cm³/mol. The fourth-order valence-electron chi connectivity index (χ4n) is 3.12. The molecule has 2 aliphatic rings. The van der Waals surface area contributed by atoms with E-state index in [1.54, 1.807) is 0 Å². The molecule has 2 N–H and O–H groups in total. The highest BCUT2D eigenvalue weighted by Crippen LogP contribution is 2.39. The molecular formula is C12H21NO2. The van der Waals surface area contributed by atoms with Crippen molar-refractivity contribution >= 4 is 5.97 Å². The number of carboxylic acids is 1. The molecule has 0 atom stereocenters. The van der Waals surface area contributed by atoms with Crippen molar-refractivity contribution in [1.29, 1.82) is 0 Å². The molecule has 0 spiro atoms. The Morgan fingerprint density at radius 3 is 2.33 bits per heavy atom. The first-order valence-electron chi connectivity index (χ1n) is 6.13. The molecule has 0 radical (unpaired) electrons. The number of carboxylic acid groups (broad SMARTS) is 1. The van der Waals surface area contributed by atoms with Gasteiger partial charge in [-0.2, -0.15) is 0 Å². The van der Waals surface area contributed by atoms with Gasteiger partial charge in [-0.1, -0.05) is 26.2 Å². The largest absolute Gasteiger partial charge is 0.480 e. The second-order valence-corrected chi connectivity index (χ2v) is 5.38. The molecule has 0 unspecified atom stereocenters. The lowest BCUT2D eigenvalue weighted by Gasteiger charge is -2.46. The molecule has 0 amide bonds. The molecule has 2 rings (SSSR count). The van der Waals surface area contributed by atoms with Gasteiger partial charge >= 0.3 is 5.97 Å². The summed E-state index contributed by atoms with van der Waals surface area (Å²) in [5.41, 5.74) is -0.582. The standard InChI is InChI=1S/C12H21NO2/c1-9-7-12(8-9,11(14)15)13-10-5-3-2-4-6-10/h9-10,13H,2-8H2,1H3,(H,14,15). The van der Waals surface area contributed by atoms with E-state index in [1.807, 2.05) is 0 Å². The van der Waals surface area contributed by atoms with E-state index in [9.17, 15) is 9.90 Å². The molecular weight excluding hydrogens is 190 g/mol. The molecule has 0 aromatic heterocycles. The Hall–Kier alpha value is -0.570. The Labute approximate surface area is 91.2 Å². The summed E-state index contributed by atoms with van der Waals surface area (Å²) in [6.07, 6.45) is 7.74. The van der Waals surface area contributed by atoms with Crippen molar-refractivity contribution in [2.24, 2.45) is 5.92 Å². The van der Waals surface area contributed by atoms with Crippen molar-refractivity contribution in [2.45, 2.75) is 63.5 Å². The molecule has 0 aromatic rings. The first kappa shape index (κ1) is 10.9. The fourth-order valence-corrected chi connectivity index (χ4v) is 3.12. The molecule has 0 saturated heterocycles. The monoisotopic (exact) mass is 211 g/mol. The number of hydrogen-bond acceptors (Lipinski definition) is 2. The van der Waals surface area contributed by atoms with E-state index in [4.69, 9.17) is 0 Å². The Morgan fingerprint density at radius 2 is 1.87 bits per heavy atom. The van der Waals surface area contributed by atoms with E-state index < -0.39 is 11.5 Å². The van der Waals surface area contributed by atoms with Crippen LogP contribution >= 0.6 is 0 Å². The van der Waals surface area contributed by atoms with Crippen molar-refractivity contribution in [1.82, 2.24) is 5.32 Å². The van der Waals surface area contributed by atoms with Gasteiger partial charge in [0.2, 0.25) is 0 Å². The molecule has 2 fully saturated rings. The highest BCUT2D eigenvalue weighted by Gasteiger charge is 2.49. The summed E-state index contributed by atoms with van der Waals surface area (Å²) in [4.78, 5) is 11.3. The minimum Gasteiger partial charge on any atom is -0.480 e. The number of aliphatic carboxylic acids is 1. The SMILES string of the molecule is CC1CC(NC2CCCCC2)(C(=O)O)C1. The Morgan fingerprint density at radius 1 is 1.27 bits per heavy atom.